The zero-order valence-corrected chi connectivity index (χ0v) is 12.0. The van der Waals surface area contributed by atoms with Crippen molar-refractivity contribution in [2.24, 2.45) is 5.92 Å². The van der Waals surface area contributed by atoms with E-state index in [4.69, 9.17) is 0 Å². The summed E-state index contributed by atoms with van der Waals surface area (Å²) < 4.78 is 3.40. The van der Waals surface area contributed by atoms with Gasteiger partial charge in [-0.25, -0.2) is 9.36 Å². The molecule has 3 rings (SSSR count). The molecule has 0 spiro atoms. The van der Waals surface area contributed by atoms with Crippen LogP contribution in [-0.4, -0.2) is 30.7 Å². The quantitative estimate of drug-likeness (QED) is 0.908. The molecule has 0 radical (unpaired) electrons. The summed E-state index contributed by atoms with van der Waals surface area (Å²) >= 11 is 0. The second kappa shape index (κ2) is 6.51. The maximum atomic E-state index is 12.0. The van der Waals surface area contributed by atoms with Crippen LogP contribution < -0.4 is 5.32 Å². The Morgan fingerprint density at radius 2 is 2.14 bits per heavy atom. The van der Waals surface area contributed by atoms with Crippen molar-refractivity contribution in [3.8, 4) is 0 Å². The molecule has 7 nitrogen and oxygen atoms in total. The Morgan fingerprint density at radius 3 is 2.90 bits per heavy atom. The van der Waals surface area contributed by atoms with Gasteiger partial charge in [-0.1, -0.05) is 24.5 Å². The number of aromatic nitrogens is 5. The van der Waals surface area contributed by atoms with Crippen molar-refractivity contribution in [2.45, 2.75) is 45.2 Å². The number of hydrogen-bond acceptors (Lipinski definition) is 4. The van der Waals surface area contributed by atoms with Crippen molar-refractivity contribution in [1.82, 2.24) is 24.8 Å². The Kier molecular flexibility index (Phi) is 4.28. The third kappa shape index (κ3) is 3.68. The summed E-state index contributed by atoms with van der Waals surface area (Å²) in [4.78, 5) is 12.0. The van der Waals surface area contributed by atoms with Crippen molar-refractivity contribution in [2.75, 3.05) is 5.32 Å². The molecule has 0 aromatic carbocycles. The first-order valence-electron chi connectivity index (χ1n) is 7.47. The van der Waals surface area contributed by atoms with Gasteiger partial charge < -0.3 is 5.32 Å². The van der Waals surface area contributed by atoms with Gasteiger partial charge in [0.25, 0.3) is 0 Å². The average molecular weight is 288 g/mol. The van der Waals surface area contributed by atoms with Crippen molar-refractivity contribution in [3.63, 3.8) is 0 Å². The van der Waals surface area contributed by atoms with Crippen LogP contribution in [0, 0.1) is 5.92 Å². The molecule has 1 amide bonds. The maximum absolute atomic E-state index is 12.0. The van der Waals surface area contributed by atoms with E-state index in [1.54, 1.807) is 18.6 Å². The molecule has 0 bridgehead atoms. The number of anilines is 1. The molecule has 1 fully saturated rings. The van der Waals surface area contributed by atoms with Crippen LogP contribution in [0.25, 0.3) is 0 Å². The highest BCUT2D eigenvalue weighted by molar-refractivity contribution is 5.89. The monoisotopic (exact) mass is 288 g/mol. The summed E-state index contributed by atoms with van der Waals surface area (Å²) in [6, 6.07) is 1.84. The average Bonchev–Trinajstić information content (AvgIpc) is 3.13. The van der Waals surface area contributed by atoms with E-state index in [1.807, 2.05) is 10.7 Å². The Hall–Kier alpha value is -2.18. The summed E-state index contributed by atoms with van der Waals surface area (Å²) in [6.07, 6.45) is 11.4. The van der Waals surface area contributed by atoms with E-state index in [0.29, 0.717) is 5.92 Å². The lowest BCUT2D eigenvalue weighted by Gasteiger charge is -2.22. The predicted molar refractivity (Wildman–Crippen MR) is 77.5 cm³/mol. The third-order valence-electron chi connectivity index (χ3n) is 3.92. The van der Waals surface area contributed by atoms with Crippen LogP contribution in [0.15, 0.2) is 24.7 Å². The SMILES string of the molecule is O=C(Cn1ccnn1)Nc1ccnn1CC1CCCCC1. The number of amides is 1. The van der Waals surface area contributed by atoms with Gasteiger partial charge in [0.15, 0.2) is 0 Å². The molecule has 1 saturated carbocycles. The lowest BCUT2D eigenvalue weighted by atomic mass is 9.89. The Bertz CT molecular complexity index is 570. The topological polar surface area (TPSA) is 77.6 Å². The largest absolute Gasteiger partial charge is 0.309 e. The molecular formula is C14H20N6O. The Labute approximate surface area is 123 Å². The number of nitrogens with zero attached hydrogens (tertiary/aromatic N) is 5. The lowest BCUT2D eigenvalue weighted by Crippen LogP contribution is -2.23. The fourth-order valence-electron chi connectivity index (χ4n) is 2.85. The van der Waals surface area contributed by atoms with Gasteiger partial charge >= 0.3 is 0 Å². The van der Waals surface area contributed by atoms with Gasteiger partial charge in [0, 0.05) is 18.8 Å². The van der Waals surface area contributed by atoms with Gasteiger partial charge in [0.05, 0.1) is 12.4 Å². The van der Waals surface area contributed by atoms with Crippen molar-refractivity contribution in [3.05, 3.63) is 24.7 Å². The van der Waals surface area contributed by atoms with E-state index in [0.717, 1.165) is 12.4 Å². The van der Waals surface area contributed by atoms with Gasteiger partial charge in [-0.3, -0.25) is 4.79 Å². The molecule has 0 atom stereocenters. The number of rotatable bonds is 5. The molecule has 0 unspecified atom stereocenters. The van der Waals surface area contributed by atoms with Gasteiger partial charge in [-0.05, 0) is 18.8 Å². The number of carbonyl (C=O) groups excluding carboxylic acids is 1. The molecule has 2 aromatic heterocycles. The third-order valence-corrected chi connectivity index (χ3v) is 3.92. The van der Waals surface area contributed by atoms with Crippen molar-refractivity contribution >= 4 is 11.7 Å². The van der Waals surface area contributed by atoms with E-state index in [2.05, 4.69) is 20.7 Å². The molecule has 1 N–H and O–H groups in total. The molecule has 1 aliphatic carbocycles. The highest BCUT2D eigenvalue weighted by Crippen LogP contribution is 2.25. The minimum Gasteiger partial charge on any atom is -0.309 e. The second-order valence-corrected chi connectivity index (χ2v) is 5.55. The minimum atomic E-state index is -0.120. The normalized spacial score (nSPS) is 16.0. The highest BCUT2D eigenvalue weighted by atomic mass is 16.2. The smallest absolute Gasteiger partial charge is 0.247 e. The zero-order valence-electron chi connectivity index (χ0n) is 12.0. The second-order valence-electron chi connectivity index (χ2n) is 5.55. The van der Waals surface area contributed by atoms with E-state index >= 15 is 0 Å². The van der Waals surface area contributed by atoms with Gasteiger partial charge in [-0.2, -0.15) is 5.10 Å². The molecular weight excluding hydrogens is 268 g/mol. The number of nitrogens with one attached hydrogen (secondary N) is 1. The summed E-state index contributed by atoms with van der Waals surface area (Å²) in [6.45, 7) is 1.04. The van der Waals surface area contributed by atoms with E-state index in [1.165, 1.54) is 36.8 Å². The molecule has 112 valence electrons. The van der Waals surface area contributed by atoms with Gasteiger partial charge in [0.1, 0.15) is 12.4 Å². The van der Waals surface area contributed by atoms with Crippen LogP contribution in [0.3, 0.4) is 0 Å². The van der Waals surface area contributed by atoms with E-state index in [-0.39, 0.29) is 12.5 Å². The number of hydrogen-bond donors (Lipinski definition) is 1. The van der Waals surface area contributed by atoms with Gasteiger partial charge in [0.2, 0.25) is 5.91 Å². The predicted octanol–water partition coefficient (Wildman–Crippen LogP) is 1.69. The molecule has 2 aromatic rings. The minimum absolute atomic E-state index is 0.120. The van der Waals surface area contributed by atoms with Crippen LogP contribution in [0.2, 0.25) is 0 Å². The molecule has 2 heterocycles. The van der Waals surface area contributed by atoms with Crippen molar-refractivity contribution < 1.29 is 4.79 Å². The van der Waals surface area contributed by atoms with Crippen LogP contribution >= 0.6 is 0 Å². The van der Waals surface area contributed by atoms with Gasteiger partial charge in [-0.15, -0.1) is 5.10 Å². The summed E-state index contributed by atoms with van der Waals surface area (Å²) in [5.74, 6) is 1.31. The fraction of sp³-hybridized carbons (Fsp3) is 0.571. The highest BCUT2D eigenvalue weighted by Gasteiger charge is 2.16. The molecule has 21 heavy (non-hydrogen) atoms. The van der Waals surface area contributed by atoms with E-state index in [9.17, 15) is 4.79 Å². The summed E-state index contributed by atoms with van der Waals surface area (Å²) in [7, 11) is 0. The zero-order chi connectivity index (χ0) is 14.5. The Balaban J connectivity index is 1.58. The summed E-state index contributed by atoms with van der Waals surface area (Å²) in [5, 5.41) is 14.7. The first-order valence-corrected chi connectivity index (χ1v) is 7.47. The lowest BCUT2D eigenvalue weighted by molar-refractivity contribution is -0.117. The van der Waals surface area contributed by atoms with Crippen LogP contribution in [0.4, 0.5) is 5.82 Å². The Morgan fingerprint density at radius 1 is 1.29 bits per heavy atom. The first kappa shape index (κ1) is 13.8. The van der Waals surface area contributed by atoms with Crippen LogP contribution in [0.1, 0.15) is 32.1 Å². The molecule has 0 saturated heterocycles. The van der Waals surface area contributed by atoms with Crippen molar-refractivity contribution in [1.29, 1.82) is 0 Å². The maximum Gasteiger partial charge on any atom is 0.247 e. The van der Waals surface area contributed by atoms with Crippen LogP contribution in [-0.2, 0) is 17.9 Å². The molecule has 0 aliphatic heterocycles. The van der Waals surface area contributed by atoms with E-state index < -0.39 is 0 Å². The van der Waals surface area contributed by atoms with Crippen LogP contribution in [0.5, 0.6) is 0 Å². The number of carbonyl (C=O) groups is 1. The first-order chi connectivity index (χ1) is 10.3. The summed E-state index contributed by atoms with van der Waals surface area (Å²) in [5.41, 5.74) is 0. The fourth-order valence-corrected chi connectivity index (χ4v) is 2.85. The standard InChI is InChI=1S/C14H20N6O/c21-14(11-19-9-8-15-18-19)17-13-6-7-16-20(13)10-12-4-2-1-3-5-12/h6-9,12H,1-5,10-11H2,(H,17,21). The molecule has 1 aliphatic rings. The molecule has 7 heteroatoms.